The predicted molar refractivity (Wildman–Crippen MR) is 35.2 cm³/mol. The van der Waals surface area contributed by atoms with Crippen LogP contribution >= 0.6 is 0 Å². The number of hydrogen-bond donors (Lipinski definition) is 1. The summed E-state index contributed by atoms with van der Waals surface area (Å²) in [6.45, 7) is 4.96. The second kappa shape index (κ2) is 2.67. The van der Waals surface area contributed by atoms with Crippen molar-refractivity contribution in [3.63, 3.8) is 0 Å². The van der Waals surface area contributed by atoms with E-state index in [9.17, 15) is 5.11 Å². The van der Waals surface area contributed by atoms with Crippen molar-refractivity contribution < 1.29 is 9.84 Å². The standard InChI is InChI=1S/C7H14O2/c1-5(2)3-6(8)7-4-9-7/h5-8H,3-4H2,1-2H3/t6-,7-/m1/s1. The first-order valence-electron chi connectivity index (χ1n) is 3.50. The van der Waals surface area contributed by atoms with Crippen LogP contribution in [-0.2, 0) is 4.74 Å². The van der Waals surface area contributed by atoms with Crippen LogP contribution in [0.1, 0.15) is 20.3 Å². The lowest BCUT2D eigenvalue weighted by Crippen LogP contribution is -2.16. The molecule has 1 heterocycles. The van der Waals surface area contributed by atoms with Gasteiger partial charge in [0.05, 0.1) is 12.7 Å². The zero-order valence-electron chi connectivity index (χ0n) is 6.00. The van der Waals surface area contributed by atoms with Crippen molar-refractivity contribution >= 4 is 0 Å². The van der Waals surface area contributed by atoms with E-state index >= 15 is 0 Å². The molecule has 9 heavy (non-hydrogen) atoms. The molecule has 0 bridgehead atoms. The molecule has 1 N–H and O–H groups in total. The highest BCUT2D eigenvalue weighted by Crippen LogP contribution is 2.19. The van der Waals surface area contributed by atoms with Crippen LogP contribution in [0, 0.1) is 5.92 Å². The van der Waals surface area contributed by atoms with E-state index in [1.807, 2.05) is 0 Å². The minimum absolute atomic E-state index is 0.160. The van der Waals surface area contributed by atoms with Gasteiger partial charge < -0.3 is 9.84 Å². The second-order valence-corrected chi connectivity index (χ2v) is 3.07. The summed E-state index contributed by atoms with van der Waals surface area (Å²) >= 11 is 0. The highest BCUT2D eigenvalue weighted by molar-refractivity contribution is 4.78. The fourth-order valence-electron chi connectivity index (χ4n) is 0.912. The van der Waals surface area contributed by atoms with Gasteiger partial charge in [0.15, 0.2) is 0 Å². The summed E-state index contributed by atoms with van der Waals surface area (Å²) in [6, 6.07) is 0. The van der Waals surface area contributed by atoms with E-state index in [0.717, 1.165) is 13.0 Å². The Bertz CT molecular complexity index is 86.9. The van der Waals surface area contributed by atoms with Crippen LogP contribution in [0.2, 0.25) is 0 Å². The van der Waals surface area contributed by atoms with Gasteiger partial charge in [-0.15, -0.1) is 0 Å². The maximum atomic E-state index is 9.23. The lowest BCUT2D eigenvalue weighted by molar-refractivity contribution is 0.113. The molecule has 1 saturated heterocycles. The zero-order chi connectivity index (χ0) is 6.85. The van der Waals surface area contributed by atoms with E-state index in [1.165, 1.54) is 0 Å². The number of aliphatic hydroxyl groups is 1. The average Bonchev–Trinajstić information content (AvgIpc) is 2.40. The summed E-state index contributed by atoms with van der Waals surface area (Å²) < 4.78 is 4.92. The van der Waals surface area contributed by atoms with E-state index in [0.29, 0.717) is 5.92 Å². The molecule has 0 saturated carbocycles. The zero-order valence-corrected chi connectivity index (χ0v) is 6.00. The Morgan fingerprint density at radius 2 is 2.22 bits per heavy atom. The summed E-state index contributed by atoms with van der Waals surface area (Å²) in [4.78, 5) is 0. The Morgan fingerprint density at radius 1 is 1.67 bits per heavy atom. The van der Waals surface area contributed by atoms with E-state index in [-0.39, 0.29) is 12.2 Å². The lowest BCUT2D eigenvalue weighted by Gasteiger charge is -2.08. The first kappa shape index (κ1) is 7.03. The van der Waals surface area contributed by atoms with Gasteiger partial charge in [0.2, 0.25) is 0 Å². The van der Waals surface area contributed by atoms with E-state index < -0.39 is 0 Å². The molecule has 0 amide bonds. The molecule has 0 aliphatic carbocycles. The maximum Gasteiger partial charge on any atom is 0.107 e. The van der Waals surface area contributed by atoms with Crippen LogP contribution < -0.4 is 0 Å². The molecule has 2 atom stereocenters. The molecule has 2 heteroatoms. The van der Waals surface area contributed by atoms with Gasteiger partial charge in [0, 0.05) is 0 Å². The van der Waals surface area contributed by atoms with Gasteiger partial charge in [0.25, 0.3) is 0 Å². The normalized spacial score (nSPS) is 28.7. The van der Waals surface area contributed by atoms with E-state index in [1.54, 1.807) is 0 Å². The van der Waals surface area contributed by atoms with Crippen molar-refractivity contribution in [3.8, 4) is 0 Å². The first-order valence-corrected chi connectivity index (χ1v) is 3.50. The third-order valence-electron chi connectivity index (χ3n) is 1.50. The molecule has 2 nitrogen and oxygen atoms in total. The maximum absolute atomic E-state index is 9.23. The third-order valence-corrected chi connectivity index (χ3v) is 1.50. The minimum Gasteiger partial charge on any atom is -0.390 e. The molecule has 0 aromatic carbocycles. The molecular formula is C7H14O2. The molecule has 54 valence electrons. The van der Waals surface area contributed by atoms with Crippen molar-refractivity contribution in [1.29, 1.82) is 0 Å². The molecule has 0 aromatic rings. The first-order chi connectivity index (χ1) is 4.20. The van der Waals surface area contributed by atoms with Crippen LogP contribution in [0.5, 0.6) is 0 Å². The van der Waals surface area contributed by atoms with Gasteiger partial charge in [0.1, 0.15) is 6.10 Å². The van der Waals surface area contributed by atoms with Crippen molar-refractivity contribution in [2.75, 3.05) is 6.61 Å². The molecule has 1 aliphatic rings. The Labute approximate surface area is 55.8 Å². The topological polar surface area (TPSA) is 32.8 Å². The Hall–Kier alpha value is -0.0800. The summed E-state index contributed by atoms with van der Waals surface area (Å²) in [6.07, 6.45) is 0.808. The number of ether oxygens (including phenoxy) is 1. The molecule has 0 aromatic heterocycles. The summed E-state index contributed by atoms with van der Waals surface area (Å²) in [5, 5.41) is 9.23. The van der Waals surface area contributed by atoms with Crippen molar-refractivity contribution in [2.24, 2.45) is 5.92 Å². The average molecular weight is 130 g/mol. The number of aliphatic hydroxyl groups excluding tert-OH is 1. The molecule has 0 unspecified atom stereocenters. The van der Waals surface area contributed by atoms with Crippen molar-refractivity contribution in [2.45, 2.75) is 32.5 Å². The lowest BCUT2D eigenvalue weighted by atomic mass is 10.0. The van der Waals surface area contributed by atoms with Gasteiger partial charge in [-0.1, -0.05) is 13.8 Å². The molecule has 1 fully saturated rings. The highest BCUT2D eigenvalue weighted by atomic mass is 16.6. The smallest absolute Gasteiger partial charge is 0.107 e. The largest absolute Gasteiger partial charge is 0.390 e. The Kier molecular flexibility index (Phi) is 2.09. The number of rotatable bonds is 3. The predicted octanol–water partition coefficient (Wildman–Crippen LogP) is 0.792. The van der Waals surface area contributed by atoms with E-state index in [4.69, 9.17) is 4.74 Å². The molecular weight excluding hydrogens is 116 g/mol. The monoisotopic (exact) mass is 130 g/mol. The van der Waals surface area contributed by atoms with Crippen LogP contribution in [0.15, 0.2) is 0 Å². The second-order valence-electron chi connectivity index (χ2n) is 3.07. The summed E-state index contributed by atoms with van der Waals surface area (Å²) in [5.41, 5.74) is 0. The number of hydrogen-bond acceptors (Lipinski definition) is 2. The fraction of sp³-hybridized carbons (Fsp3) is 1.00. The van der Waals surface area contributed by atoms with Gasteiger partial charge in [-0.25, -0.2) is 0 Å². The van der Waals surface area contributed by atoms with Gasteiger partial charge >= 0.3 is 0 Å². The van der Waals surface area contributed by atoms with Crippen molar-refractivity contribution in [1.82, 2.24) is 0 Å². The van der Waals surface area contributed by atoms with Crippen LogP contribution in [0.4, 0.5) is 0 Å². The fourth-order valence-corrected chi connectivity index (χ4v) is 0.912. The van der Waals surface area contributed by atoms with Crippen molar-refractivity contribution in [3.05, 3.63) is 0 Å². The minimum atomic E-state index is -0.218. The molecule has 1 aliphatic heterocycles. The third kappa shape index (κ3) is 2.33. The van der Waals surface area contributed by atoms with Crippen LogP contribution in [-0.4, -0.2) is 23.9 Å². The number of epoxide rings is 1. The molecule has 1 rings (SSSR count). The highest BCUT2D eigenvalue weighted by Gasteiger charge is 2.31. The SMILES string of the molecule is CC(C)C[C@@H](O)[C@H]1CO1. The quantitative estimate of drug-likeness (QED) is 0.573. The van der Waals surface area contributed by atoms with Crippen LogP contribution in [0.25, 0.3) is 0 Å². The van der Waals surface area contributed by atoms with Gasteiger partial charge in [-0.3, -0.25) is 0 Å². The van der Waals surface area contributed by atoms with Gasteiger partial charge in [-0.05, 0) is 12.3 Å². The molecule has 0 spiro atoms. The summed E-state index contributed by atoms with van der Waals surface area (Å²) in [7, 11) is 0. The Balaban J connectivity index is 2.10. The Morgan fingerprint density at radius 3 is 2.56 bits per heavy atom. The van der Waals surface area contributed by atoms with E-state index in [2.05, 4.69) is 13.8 Å². The van der Waals surface area contributed by atoms with Gasteiger partial charge in [-0.2, -0.15) is 0 Å². The summed E-state index contributed by atoms with van der Waals surface area (Å²) in [5.74, 6) is 0.573. The molecule has 0 radical (unpaired) electrons. The van der Waals surface area contributed by atoms with Crippen LogP contribution in [0.3, 0.4) is 0 Å².